The average Bonchev–Trinajstić information content (AvgIpc) is 2.82. The molecule has 19 heavy (non-hydrogen) atoms. The zero-order valence-corrected chi connectivity index (χ0v) is 10.3. The molecule has 0 saturated heterocycles. The fourth-order valence-electron chi connectivity index (χ4n) is 1.86. The molecule has 3 rings (SSSR count). The van der Waals surface area contributed by atoms with Gasteiger partial charge >= 0.3 is 0 Å². The van der Waals surface area contributed by atoms with E-state index in [0.717, 1.165) is 11.3 Å². The third-order valence-electron chi connectivity index (χ3n) is 2.82. The molecule has 0 saturated carbocycles. The number of nitrogen functional groups attached to an aromatic ring is 2. The number of nitrogens with one attached hydrogen (secondary N) is 1. The Morgan fingerprint density at radius 3 is 2.58 bits per heavy atom. The smallest absolute Gasteiger partial charge is 0.243 e. The van der Waals surface area contributed by atoms with Crippen LogP contribution < -0.4 is 17.0 Å². The first-order chi connectivity index (χ1) is 9.17. The Labute approximate surface area is 109 Å². The standard InChI is InChI=1S/C12H13N7/c1-7-2-4-8(5-3-7)9-6-10-15-11(13)16-12(17-14)19(10)18-9/h2-6H,14H2,1H3,(H3,13,15,16,17). The Morgan fingerprint density at radius 1 is 1.16 bits per heavy atom. The van der Waals surface area contributed by atoms with Crippen molar-refractivity contribution < 1.29 is 0 Å². The van der Waals surface area contributed by atoms with Crippen LogP contribution in [0.25, 0.3) is 16.9 Å². The second kappa shape index (κ2) is 4.21. The van der Waals surface area contributed by atoms with E-state index in [0.29, 0.717) is 11.6 Å². The molecule has 2 aromatic heterocycles. The molecule has 0 bridgehead atoms. The fraction of sp³-hybridized carbons (Fsp3) is 0.0833. The van der Waals surface area contributed by atoms with Crippen LogP contribution in [0.2, 0.25) is 0 Å². The van der Waals surface area contributed by atoms with Gasteiger partial charge in [-0.2, -0.15) is 19.6 Å². The quantitative estimate of drug-likeness (QED) is 0.465. The summed E-state index contributed by atoms with van der Waals surface area (Å²) in [6, 6.07) is 9.90. The van der Waals surface area contributed by atoms with E-state index in [2.05, 4.69) is 20.5 Å². The lowest BCUT2D eigenvalue weighted by Gasteiger charge is -2.02. The van der Waals surface area contributed by atoms with E-state index in [1.807, 2.05) is 37.3 Å². The van der Waals surface area contributed by atoms with Gasteiger partial charge in [-0.1, -0.05) is 29.8 Å². The third kappa shape index (κ3) is 1.95. The molecule has 0 unspecified atom stereocenters. The molecule has 2 heterocycles. The number of nitrogens with two attached hydrogens (primary N) is 2. The van der Waals surface area contributed by atoms with Crippen molar-refractivity contribution in [3.63, 3.8) is 0 Å². The van der Waals surface area contributed by atoms with E-state index in [-0.39, 0.29) is 5.95 Å². The van der Waals surface area contributed by atoms with Crippen LogP contribution in [0, 0.1) is 6.92 Å². The summed E-state index contributed by atoms with van der Waals surface area (Å²) in [5.74, 6) is 5.89. The molecule has 0 aliphatic rings. The number of hydrazine groups is 1. The van der Waals surface area contributed by atoms with E-state index < -0.39 is 0 Å². The van der Waals surface area contributed by atoms with E-state index in [9.17, 15) is 0 Å². The summed E-state index contributed by atoms with van der Waals surface area (Å²) in [6.45, 7) is 2.04. The first-order valence-electron chi connectivity index (χ1n) is 5.74. The summed E-state index contributed by atoms with van der Waals surface area (Å²) in [6.07, 6.45) is 0. The van der Waals surface area contributed by atoms with Crippen molar-refractivity contribution in [1.29, 1.82) is 0 Å². The van der Waals surface area contributed by atoms with Gasteiger partial charge in [0, 0.05) is 11.6 Å². The molecule has 0 aliphatic heterocycles. The molecule has 0 radical (unpaired) electrons. The Balaban J connectivity index is 2.18. The lowest BCUT2D eigenvalue weighted by atomic mass is 10.1. The van der Waals surface area contributed by atoms with Crippen LogP contribution in [0.4, 0.5) is 11.9 Å². The molecular formula is C12H13N7. The van der Waals surface area contributed by atoms with Gasteiger partial charge in [-0.15, -0.1) is 0 Å². The van der Waals surface area contributed by atoms with Gasteiger partial charge in [0.15, 0.2) is 5.65 Å². The maximum atomic E-state index is 5.61. The number of rotatable bonds is 2. The zero-order chi connectivity index (χ0) is 13.4. The molecule has 0 spiro atoms. The average molecular weight is 255 g/mol. The van der Waals surface area contributed by atoms with Crippen LogP contribution >= 0.6 is 0 Å². The van der Waals surface area contributed by atoms with Crippen LogP contribution in [-0.4, -0.2) is 19.6 Å². The van der Waals surface area contributed by atoms with Crippen LogP contribution in [0.1, 0.15) is 5.56 Å². The molecule has 0 amide bonds. The molecule has 0 aliphatic carbocycles. The largest absolute Gasteiger partial charge is 0.368 e. The highest BCUT2D eigenvalue weighted by Gasteiger charge is 2.10. The zero-order valence-electron chi connectivity index (χ0n) is 10.3. The highest BCUT2D eigenvalue weighted by atomic mass is 15.4. The molecule has 1 aromatic carbocycles. The molecule has 0 atom stereocenters. The normalized spacial score (nSPS) is 10.8. The van der Waals surface area contributed by atoms with E-state index in [1.165, 1.54) is 10.1 Å². The van der Waals surface area contributed by atoms with Crippen LogP contribution in [0.15, 0.2) is 30.3 Å². The van der Waals surface area contributed by atoms with Crippen molar-refractivity contribution in [2.24, 2.45) is 5.84 Å². The van der Waals surface area contributed by atoms with Crippen molar-refractivity contribution in [3.8, 4) is 11.3 Å². The molecule has 7 heteroatoms. The number of hydrogen-bond acceptors (Lipinski definition) is 6. The first kappa shape index (κ1) is 11.4. The Hall–Kier alpha value is -2.67. The Morgan fingerprint density at radius 2 is 1.89 bits per heavy atom. The molecule has 7 nitrogen and oxygen atoms in total. The van der Waals surface area contributed by atoms with Crippen molar-refractivity contribution >= 4 is 17.5 Å². The number of fused-ring (bicyclic) bond motifs is 1. The maximum absolute atomic E-state index is 5.61. The van der Waals surface area contributed by atoms with Gasteiger partial charge in [-0.25, -0.2) is 5.84 Å². The molecular weight excluding hydrogens is 242 g/mol. The highest BCUT2D eigenvalue weighted by molar-refractivity contribution is 5.65. The number of anilines is 2. The summed E-state index contributed by atoms with van der Waals surface area (Å²) in [5, 5.41) is 4.42. The second-order valence-electron chi connectivity index (χ2n) is 4.22. The Bertz CT molecular complexity index is 730. The summed E-state index contributed by atoms with van der Waals surface area (Å²) in [7, 11) is 0. The number of nitrogens with zero attached hydrogens (tertiary/aromatic N) is 4. The van der Waals surface area contributed by atoms with Crippen LogP contribution in [0.5, 0.6) is 0 Å². The topological polar surface area (TPSA) is 107 Å². The minimum absolute atomic E-state index is 0.149. The molecule has 3 aromatic rings. The highest BCUT2D eigenvalue weighted by Crippen LogP contribution is 2.21. The predicted octanol–water partition coefficient (Wildman–Crippen LogP) is 0.968. The van der Waals surface area contributed by atoms with Crippen LogP contribution in [0.3, 0.4) is 0 Å². The van der Waals surface area contributed by atoms with Crippen LogP contribution in [-0.2, 0) is 0 Å². The van der Waals surface area contributed by atoms with Crippen molar-refractivity contribution in [2.45, 2.75) is 6.92 Å². The lowest BCUT2D eigenvalue weighted by Crippen LogP contribution is -2.15. The predicted molar refractivity (Wildman–Crippen MR) is 73.2 cm³/mol. The maximum Gasteiger partial charge on any atom is 0.243 e. The minimum Gasteiger partial charge on any atom is -0.368 e. The summed E-state index contributed by atoms with van der Waals surface area (Å²) in [4.78, 5) is 8.09. The summed E-state index contributed by atoms with van der Waals surface area (Å²) >= 11 is 0. The van der Waals surface area contributed by atoms with Gasteiger partial charge in [-0.3, -0.25) is 5.43 Å². The Kier molecular flexibility index (Phi) is 2.53. The van der Waals surface area contributed by atoms with Gasteiger partial charge in [0.1, 0.15) is 0 Å². The fourth-order valence-corrected chi connectivity index (χ4v) is 1.86. The number of aromatic nitrogens is 4. The lowest BCUT2D eigenvalue weighted by molar-refractivity contribution is 0.899. The summed E-state index contributed by atoms with van der Waals surface area (Å²) in [5.41, 5.74) is 11.6. The number of aryl methyl sites for hydroxylation is 1. The second-order valence-corrected chi connectivity index (χ2v) is 4.22. The van der Waals surface area contributed by atoms with E-state index in [1.54, 1.807) is 0 Å². The molecule has 0 fully saturated rings. The molecule has 5 N–H and O–H groups in total. The monoisotopic (exact) mass is 255 g/mol. The minimum atomic E-state index is 0.149. The SMILES string of the molecule is Cc1ccc(-c2cc3nc(N)nc(NN)n3n2)cc1. The summed E-state index contributed by atoms with van der Waals surface area (Å²) < 4.78 is 1.52. The van der Waals surface area contributed by atoms with Crippen molar-refractivity contribution in [2.75, 3.05) is 11.2 Å². The van der Waals surface area contributed by atoms with Gasteiger partial charge in [0.05, 0.1) is 5.69 Å². The van der Waals surface area contributed by atoms with Crippen molar-refractivity contribution in [1.82, 2.24) is 19.6 Å². The van der Waals surface area contributed by atoms with Crippen molar-refractivity contribution in [3.05, 3.63) is 35.9 Å². The van der Waals surface area contributed by atoms with Gasteiger partial charge in [0.2, 0.25) is 11.9 Å². The molecule has 96 valence electrons. The van der Waals surface area contributed by atoms with Gasteiger partial charge in [-0.05, 0) is 6.92 Å². The number of hydrogen-bond donors (Lipinski definition) is 3. The van der Waals surface area contributed by atoms with Gasteiger partial charge in [0.25, 0.3) is 0 Å². The van der Waals surface area contributed by atoms with E-state index in [4.69, 9.17) is 11.6 Å². The van der Waals surface area contributed by atoms with E-state index >= 15 is 0 Å². The third-order valence-corrected chi connectivity index (χ3v) is 2.82. The number of benzene rings is 1. The van der Waals surface area contributed by atoms with Gasteiger partial charge < -0.3 is 5.73 Å². The first-order valence-corrected chi connectivity index (χ1v) is 5.74.